The summed E-state index contributed by atoms with van der Waals surface area (Å²) in [5, 5.41) is 0. The van der Waals surface area contributed by atoms with Gasteiger partial charge >= 0.3 is 0 Å². The SMILES string of the molecule is CC(C)(C)OCCCCC1=CC([Si](C)(C)C2C=C(CCCCOC(C)(C)C)c3ccccc32)c2ccccc21. The molecule has 2 aliphatic rings. The molecule has 2 aromatic rings. The van der Waals surface area contributed by atoms with Crippen molar-refractivity contribution >= 4 is 19.2 Å². The molecule has 0 saturated carbocycles. The number of benzene rings is 2. The normalized spacial score (nSPS) is 19.1. The molecule has 2 aromatic carbocycles. The van der Waals surface area contributed by atoms with Crippen LogP contribution in [0.1, 0.15) is 113 Å². The van der Waals surface area contributed by atoms with E-state index in [2.05, 4.69) is 115 Å². The highest BCUT2D eigenvalue weighted by molar-refractivity contribution is 6.81. The highest BCUT2D eigenvalue weighted by Crippen LogP contribution is 2.51. The third-order valence-electron chi connectivity index (χ3n) is 8.37. The Labute approximate surface area is 239 Å². The Morgan fingerprint density at radius 1 is 0.590 bits per heavy atom. The van der Waals surface area contributed by atoms with Crippen molar-refractivity contribution in [3.8, 4) is 0 Å². The van der Waals surface area contributed by atoms with Crippen LogP contribution >= 0.6 is 0 Å². The molecule has 2 atom stereocenters. The van der Waals surface area contributed by atoms with Gasteiger partial charge in [-0.25, -0.2) is 0 Å². The molecule has 0 radical (unpaired) electrons. The van der Waals surface area contributed by atoms with Gasteiger partial charge in [0.2, 0.25) is 0 Å². The minimum atomic E-state index is -1.78. The van der Waals surface area contributed by atoms with Gasteiger partial charge in [-0.2, -0.15) is 0 Å². The summed E-state index contributed by atoms with van der Waals surface area (Å²) in [7, 11) is -1.78. The summed E-state index contributed by atoms with van der Waals surface area (Å²) in [6.07, 6.45) is 12.2. The van der Waals surface area contributed by atoms with Gasteiger partial charge in [0.1, 0.15) is 0 Å². The largest absolute Gasteiger partial charge is 0.376 e. The van der Waals surface area contributed by atoms with Crippen molar-refractivity contribution in [2.45, 2.75) is 115 Å². The zero-order valence-corrected chi connectivity index (χ0v) is 26.9. The zero-order valence-electron chi connectivity index (χ0n) is 25.9. The van der Waals surface area contributed by atoms with Crippen LogP contribution in [0, 0.1) is 0 Å². The molecule has 0 aromatic heterocycles. The van der Waals surface area contributed by atoms with Gasteiger partial charge in [-0.1, -0.05) is 73.8 Å². The van der Waals surface area contributed by atoms with E-state index in [9.17, 15) is 0 Å². The average molecular weight is 545 g/mol. The Hall–Kier alpha value is -1.94. The molecule has 3 heteroatoms. The van der Waals surface area contributed by atoms with Crippen molar-refractivity contribution in [1.29, 1.82) is 0 Å². The van der Waals surface area contributed by atoms with Crippen LogP contribution in [0.4, 0.5) is 0 Å². The first-order valence-corrected chi connectivity index (χ1v) is 18.4. The summed E-state index contributed by atoms with van der Waals surface area (Å²) in [4.78, 5) is 0. The van der Waals surface area contributed by atoms with E-state index in [1.54, 1.807) is 22.3 Å². The highest BCUT2D eigenvalue weighted by atomic mass is 28.3. The molecule has 0 N–H and O–H groups in total. The molecule has 0 bridgehead atoms. The van der Waals surface area contributed by atoms with Crippen LogP contribution in [-0.2, 0) is 9.47 Å². The number of fused-ring (bicyclic) bond motifs is 2. The van der Waals surface area contributed by atoms with E-state index in [1.807, 2.05) is 0 Å². The summed E-state index contributed by atoms with van der Waals surface area (Å²) in [6.45, 7) is 19.8. The number of hydrogen-bond acceptors (Lipinski definition) is 2. The fraction of sp³-hybridized carbons (Fsp3) is 0.556. The van der Waals surface area contributed by atoms with Crippen LogP contribution in [0.5, 0.6) is 0 Å². The fourth-order valence-corrected chi connectivity index (χ4v) is 10.1. The lowest BCUT2D eigenvalue weighted by atomic mass is 10.0. The molecule has 0 saturated heterocycles. The topological polar surface area (TPSA) is 18.5 Å². The third kappa shape index (κ3) is 7.63. The van der Waals surface area contributed by atoms with E-state index >= 15 is 0 Å². The number of unbranched alkanes of at least 4 members (excludes halogenated alkanes) is 2. The van der Waals surface area contributed by atoms with Crippen LogP contribution in [0.2, 0.25) is 13.1 Å². The number of hydrogen-bond donors (Lipinski definition) is 0. The second kappa shape index (κ2) is 12.3. The summed E-state index contributed by atoms with van der Waals surface area (Å²) in [6, 6.07) is 18.5. The monoisotopic (exact) mass is 544 g/mol. The predicted octanol–water partition coefficient (Wildman–Crippen LogP) is 10.1. The maximum atomic E-state index is 5.98. The lowest BCUT2D eigenvalue weighted by Gasteiger charge is -2.35. The van der Waals surface area contributed by atoms with Gasteiger partial charge in [0.05, 0.1) is 19.3 Å². The first kappa shape index (κ1) is 30.0. The Morgan fingerprint density at radius 2 is 0.974 bits per heavy atom. The summed E-state index contributed by atoms with van der Waals surface area (Å²) >= 11 is 0. The van der Waals surface area contributed by atoms with E-state index in [-0.39, 0.29) is 11.2 Å². The smallest absolute Gasteiger partial charge is 0.0715 e. The predicted molar refractivity (Wildman–Crippen MR) is 171 cm³/mol. The van der Waals surface area contributed by atoms with Crippen molar-refractivity contribution in [3.05, 3.63) is 82.9 Å². The molecule has 0 fully saturated rings. The number of ether oxygens (including phenoxy) is 2. The molecule has 0 spiro atoms. The van der Waals surface area contributed by atoms with Crippen LogP contribution in [0.3, 0.4) is 0 Å². The third-order valence-corrected chi connectivity index (χ3v) is 12.5. The molecule has 0 heterocycles. The average Bonchev–Trinajstić information content (AvgIpc) is 3.42. The van der Waals surface area contributed by atoms with Crippen LogP contribution in [-0.4, -0.2) is 32.5 Å². The molecule has 4 rings (SSSR count). The molecule has 39 heavy (non-hydrogen) atoms. The Morgan fingerprint density at radius 3 is 1.36 bits per heavy atom. The molecule has 2 unspecified atom stereocenters. The van der Waals surface area contributed by atoms with E-state index < -0.39 is 8.07 Å². The van der Waals surface area contributed by atoms with E-state index in [0.29, 0.717) is 11.1 Å². The zero-order chi connectivity index (χ0) is 28.3. The summed E-state index contributed by atoms with van der Waals surface area (Å²) < 4.78 is 12.0. The minimum absolute atomic E-state index is 0.0515. The van der Waals surface area contributed by atoms with Gasteiger partial charge in [-0.05, 0) is 125 Å². The standard InChI is InChI=1S/C36H52O2Si/c1-35(2,3)37-23-15-13-17-27-25-33(31-21-11-9-19-29(27)31)39(7,8)34-26-28(30-20-10-12-22-32(30)34)18-14-16-24-38-36(4,5)6/h9-12,19-22,25-26,33-34H,13-18,23-24H2,1-8H3. The molecule has 2 aliphatic carbocycles. The molecule has 212 valence electrons. The van der Waals surface area contributed by atoms with Crippen LogP contribution < -0.4 is 0 Å². The lowest BCUT2D eigenvalue weighted by molar-refractivity contribution is -0.00479. The number of rotatable bonds is 12. The molecule has 0 amide bonds. The Kier molecular flexibility index (Phi) is 9.46. The lowest BCUT2D eigenvalue weighted by Crippen LogP contribution is -2.39. The van der Waals surface area contributed by atoms with Crippen LogP contribution in [0.15, 0.2) is 60.7 Å². The van der Waals surface area contributed by atoms with Gasteiger partial charge in [0, 0.05) is 13.2 Å². The molecular weight excluding hydrogens is 492 g/mol. The maximum absolute atomic E-state index is 5.98. The van der Waals surface area contributed by atoms with Crippen LogP contribution in [0.25, 0.3) is 11.1 Å². The van der Waals surface area contributed by atoms with Gasteiger partial charge in [0.25, 0.3) is 0 Å². The second-order valence-corrected chi connectivity index (χ2v) is 19.1. The Balaban J connectivity index is 1.49. The van der Waals surface area contributed by atoms with E-state index in [4.69, 9.17) is 9.47 Å². The Bertz CT molecular complexity index is 1080. The van der Waals surface area contributed by atoms with Crippen molar-refractivity contribution in [1.82, 2.24) is 0 Å². The van der Waals surface area contributed by atoms with Crippen molar-refractivity contribution in [2.24, 2.45) is 0 Å². The molecule has 2 nitrogen and oxygen atoms in total. The quantitative estimate of drug-likeness (QED) is 0.195. The highest BCUT2D eigenvalue weighted by Gasteiger charge is 2.44. The van der Waals surface area contributed by atoms with Gasteiger partial charge in [-0.3, -0.25) is 0 Å². The van der Waals surface area contributed by atoms with Crippen molar-refractivity contribution in [2.75, 3.05) is 13.2 Å². The number of allylic oxidation sites excluding steroid dienone is 4. The second-order valence-electron chi connectivity index (χ2n) is 14.2. The van der Waals surface area contributed by atoms with Crippen molar-refractivity contribution < 1.29 is 9.47 Å². The minimum Gasteiger partial charge on any atom is -0.376 e. The summed E-state index contributed by atoms with van der Waals surface area (Å²) in [5.74, 6) is 0. The fourth-order valence-electron chi connectivity index (χ4n) is 6.34. The molecule has 0 aliphatic heterocycles. The first-order chi connectivity index (χ1) is 18.4. The first-order valence-electron chi connectivity index (χ1n) is 15.2. The van der Waals surface area contributed by atoms with E-state index in [0.717, 1.165) is 38.9 Å². The maximum Gasteiger partial charge on any atom is 0.0715 e. The van der Waals surface area contributed by atoms with Gasteiger partial charge in [-0.15, -0.1) is 0 Å². The van der Waals surface area contributed by atoms with E-state index in [1.165, 1.54) is 24.0 Å². The van der Waals surface area contributed by atoms with Gasteiger partial charge in [0.15, 0.2) is 0 Å². The van der Waals surface area contributed by atoms with Gasteiger partial charge < -0.3 is 9.47 Å². The molecular formula is C36H52O2Si. The van der Waals surface area contributed by atoms with Crippen molar-refractivity contribution in [3.63, 3.8) is 0 Å². The summed E-state index contributed by atoms with van der Waals surface area (Å²) in [5.41, 5.74) is 10.2.